The number of anilines is 1. The van der Waals surface area contributed by atoms with Crippen LogP contribution in [-0.4, -0.2) is 0 Å². The molecule has 7 heteroatoms. The first kappa shape index (κ1) is 16.5. The van der Waals surface area contributed by atoms with Gasteiger partial charge in [0.1, 0.15) is 0 Å². The summed E-state index contributed by atoms with van der Waals surface area (Å²) >= 11 is 14.9. The molecule has 2 aromatic carbocycles. The fourth-order valence-corrected chi connectivity index (χ4v) is 2.49. The van der Waals surface area contributed by atoms with Crippen molar-refractivity contribution in [2.24, 2.45) is 0 Å². The molecule has 0 unspecified atom stereocenters. The molecule has 112 valence electrons. The molecule has 0 radical (unpaired) electrons. The van der Waals surface area contributed by atoms with Gasteiger partial charge in [-0.25, -0.2) is 0 Å². The summed E-state index contributed by atoms with van der Waals surface area (Å²) in [4.78, 5) is 0. The standard InChI is InChI=1S/C14H9BrCl2F3N/c15-12-3-8(1-2-13(12)17)7-21-11-5-9(14(18,19)20)4-10(16)6-11/h1-6,21H,7H2. The Morgan fingerprint density at radius 3 is 2.38 bits per heavy atom. The second-order valence-electron chi connectivity index (χ2n) is 4.33. The highest BCUT2D eigenvalue weighted by Gasteiger charge is 2.31. The van der Waals surface area contributed by atoms with Crippen molar-refractivity contribution in [1.82, 2.24) is 0 Å². The Hall–Kier alpha value is -0.910. The third-order valence-corrected chi connectivity index (χ3v) is 4.14. The summed E-state index contributed by atoms with van der Waals surface area (Å²) in [5.74, 6) is 0. The average molecular weight is 399 g/mol. The summed E-state index contributed by atoms with van der Waals surface area (Å²) in [6.07, 6.45) is -4.43. The van der Waals surface area contributed by atoms with Crippen molar-refractivity contribution in [3.8, 4) is 0 Å². The average Bonchev–Trinajstić information content (AvgIpc) is 2.38. The van der Waals surface area contributed by atoms with E-state index >= 15 is 0 Å². The lowest BCUT2D eigenvalue weighted by Gasteiger charge is -2.12. The van der Waals surface area contributed by atoms with E-state index in [1.807, 2.05) is 0 Å². The van der Waals surface area contributed by atoms with Crippen molar-refractivity contribution in [1.29, 1.82) is 0 Å². The van der Waals surface area contributed by atoms with Gasteiger partial charge in [-0.3, -0.25) is 0 Å². The molecule has 0 saturated heterocycles. The van der Waals surface area contributed by atoms with E-state index in [0.717, 1.165) is 22.2 Å². The summed E-state index contributed by atoms with van der Waals surface area (Å²) in [5, 5.41) is 3.51. The van der Waals surface area contributed by atoms with Crippen LogP contribution < -0.4 is 5.32 Å². The van der Waals surface area contributed by atoms with E-state index < -0.39 is 11.7 Å². The number of hydrogen-bond acceptors (Lipinski definition) is 1. The van der Waals surface area contributed by atoms with Gasteiger partial charge in [0.2, 0.25) is 0 Å². The van der Waals surface area contributed by atoms with Gasteiger partial charge in [-0.1, -0.05) is 29.3 Å². The van der Waals surface area contributed by atoms with Crippen molar-refractivity contribution in [3.05, 3.63) is 62.0 Å². The zero-order chi connectivity index (χ0) is 15.6. The van der Waals surface area contributed by atoms with Crippen LogP contribution in [0.5, 0.6) is 0 Å². The third kappa shape index (κ3) is 4.53. The van der Waals surface area contributed by atoms with E-state index in [1.165, 1.54) is 6.07 Å². The highest BCUT2D eigenvalue weighted by molar-refractivity contribution is 9.10. The van der Waals surface area contributed by atoms with Gasteiger partial charge in [-0.15, -0.1) is 0 Å². The number of benzene rings is 2. The van der Waals surface area contributed by atoms with Crippen LogP contribution in [0.15, 0.2) is 40.9 Å². The predicted octanol–water partition coefficient (Wildman–Crippen LogP) is 6.39. The van der Waals surface area contributed by atoms with E-state index in [2.05, 4.69) is 21.2 Å². The Morgan fingerprint density at radius 2 is 1.76 bits per heavy atom. The number of rotatable bonds is 3. The Morgan fingerprint density at radius 1 is 1.05 bits per heavy atom. The van der Waals surface area contributed by atoms with Crippen molar-refractivity contribution < 1.29 is 13.2 Å². The predicted molar refractivity (Wildman–Crippen MR) is 82.9 cm³/mol. The zero-order valence-corrected chi connectivity index (χ0v) is 13.5. The first-order chi connectivity index (χ1) is 9.75. The number of alkyl halides is 3. The lowest BCUT2D eigenvalue weighted by molar-refractivity contribution is -0.137. The van der Waals surface area contributed by atoms with Crippen LogP contribution in [0.2, 0.25) is 10.0 Å². The maximum Gasteiger partial charge on any atom is 0.416 e. The van der Waals surface area contributed by atoms with E-state index in [9.17, 15) is 13.2 Å². The van der Waals surface area contributed by atoms with E-state index in [0.29, 0.717) is 17.3 Å². The first-order valence-electron chi connectivity index (χ1n) is 5.81. The minimum Gasteiger partial charge on any atom is -0.381 e. The highest BCUT2D eigenvalue weighted by atomic mass is 79.9. The second kappa shape index (κ2) is 6.46. The highest BCUT2D eigenvalue weighted by Crippen LogP contribution is 2.33. The van der Waals surface area contributed by atoms with Gasteiger partial charge in [0.15, 0.2) is 0 Å². The topological polar surface area (TPSA) is 12.0 Å². The van der Waals surface area contributed by atoms with E-state index in [-0.39, 0.29) is 5.02 Å². The maximum atomic E-state index is 12.7. The number of hydrogen-bond donors (Lipinski definition) is 1. The van der Waals surface area contributed by atoms with Crippen LogP contribution >= 0.6 is 39.1 Å². The van der Waals surface area contributed by atoms with E-state index in [4.69, 9.17) is 23.2 Å². The van der Waals surface area contributed by atoms with E-state index in [1.54, 1.807) is 18.2 Å². The van der Waals surface area contributed by atoms with Crippen LogP contribution in [0.4, 0.5) is 18.9 Å². The molecule has 0 saturated carbocycles. The van der Waals surface area contributed by atoms with Crippen molar-refractivity contribution in [3.63, 3.8) is 0 Å². The van der Waals surface area contributed by atoms with Gasteiger partial charge in [-0.05, 0) is 51.8 Å². The van der Waals surface area contributed by atoms with Gasteiger partial charge in [0.25, 0.3) is 0 Å². The fourth-order valence-electron chi connectivity index (χ4n) is 1.71. The molecular weight excluding hydrogens is 390 g/mol. The molecule has 0 aromatic heterocycles. The Kier molecular flexibility index (Phi) is 5.07. The molecule has 1 nitrogen and oxygen atoms in total. The molecule has 1 N–H and O–H groups in total. The summed E-state index contributed by atoms with van der Waals surface area (Å²) in [6.45, 7) is 0.355. The molecule has 0 spiro atoms. The number of nitrogens with one attached hydrogen (secondary N) is 1. The smallest absolute Gasteiger partial charge is 0.381 e. The molecule has 2 aromatic rings. The molecule has 0 aliphatic rings. The number of halogens is 6. The fraction of sp³-hybridized carbons (Fsp3) is 0.143. The van der Waals surface area contributed by atoms with Gasteiger partial charge in [-0.2, -0.15) is 13.2 Å². The maximum absolute atomic E-state index is 12.7. The van der Waals surface area contributed by atoms with Gasteiger partial charge in [0, 0.05) is 21.7 Å². The van der Waals surface area contributed by atoms with Crippen LogP contribution in [0.1, 0.15) is 11.1 Å². The lowest BCUT2D eigenvalue weighted by Crippen LogP contribution is -2.06. The Bertz CT molecular complexity index is 659. The van der Waals surface area contributed by atoms with Crippen molar-refractivity contribution >= 4 is 44.8 Å². The van der Waals surface area contributed by atoms with Gasteiger partial charge in [0.05, 0.1) is 10.6 Å². The zero-order valence-electron chi connectivity index (χ0n) is 10.4. The van der Waals surface area contributed by atoms with Crippen molar-refractivity contribution in [2.75, 3.05) is 5.32 Å². The molecule has 2 rings (SSSR count). The van der Waals surface area contributed by atoms with Crippen LogP contribution in [0.25, 0.3) is 0 Å². The molecule has 0 atom stereocenters. The first-order valence-corrected chi connectivity index (χ1v) is 7.36. The summed E-state index contributed by atoms with van der Waals surface area (Å²) in [5.41, 5.74) is 0.399. The minimum absolute atomic E-state index is 0.0320. The van der Waals surface area contributed by atoms with Crippen LogP contribution in [0, 0.1) is 0 Å². The SMILES string of the molecule is FC(F)(F)c1cc(Cl)cc(NCc2ccc(Cl)c(Br)c2)c1. The normalized spacial score (nSPS) is 11.5. The summed E-state index contributed by atoms with van der Waals surface area (Å²) < 4.78 is 38.8. The molecule has 0 heterocycles. The lowest BCUT2D eigenvalue weighted by atomic mass is 10.1. The van der Waals surface area contributed by atoms with Gasteiger partial charge >= 0.3 is 6.18 Å². The third-order valence-electron chi connectivity index (χ3n) is 2.71. The summed E-state index contributed by atoms with van der Waals surface area (Å²) in [6, 6.07) is 8.66. The molecule has 0 aliphatic heterocycles. The minimum atomic E-state index is -4.43. The van der Waals surface area contributed by atoms with Crippen LogP contribution in [0.3, 0.4) is 0 Å². The Labute approximate surface area is 138 Å². The Balaban J connectivity index is 2.16. The molecule has 21 heavy (non-hydrogen) atoms. The molecule has 0 fully saturated rings. The van der Waals surface area contributed by atoms with Crippen LogP contribution in [-0.2, 0) is 12.7 Å². The van der Waals surface area contributed by atoms with Crippen molar-refractivity contribution in [2.45, 2.75) is 12.7 Å². The second-order valence-corrected chi connectivity index (χ2v) is 6.03. The quantitative estimate of drug-likeness (QED) is 0.631. The molecule has 0 amide bonds. The molecule has 0 aliphatic carbocycles. The van der Waals surface area contributed by atoms with Gasteiger partial charge < -0.3 is 5.32 Å². The molecule has 0 bridgehead atoms. The molecular formula is C14H9BrCl2F3N. The summed E-state index contributed by atoms with van der Waals surface area (Å²) in [7, 11) is 0. The largest absolute Gasteiger partial charge is 0.416 e. The monoisotopic (exact) mass is 397 g/mol.